The molecule has 0 aliphatic carbocycles. The lowest BCUT2D eigenvalue weighted by Crippen LogP contribution is -2.22. The van der Waals surface area contributed by atoms with Gasteiger partial charge in [-0.25, -0.2) is 13.2 Å². The van der Waals surface area contributed by atoms with E-state index in [2.05, 4.69) is 0 Å². The Labute approximate surface area is 197 Å². The van der Waals surface area contributed by atoms with E-state index in [9.17, 15) is 33.0 Å². The second-order valence-corrected chi connectivity index (χ2v) is 9.59. The van der Waals surface area contributed by atoms with Gasteiger partial charge in [0.2, 0.25) is 0 Å². The van der Waals surface area contributed by atoms with Gasteiger partial charge < -0.3 is 10.2 Å². The molecule has 0 bridgehead atoms. The molecule has 0 unspecified atom stereocenters. The summed E-state index contributed by atoms with van der Waals surface area (Å²) in [6, 6.07) is 14.1. The molecule has 3 aromatic carbocycles. The molecule has 5 aromatic rings. The van der Waals surface area contributed by atoms with E-state index in [-0.39, 0.29) is 27.5 Å². The summed E-state index contributed by atoms with van der Waals surface area (Å²) in [5, 5.41) is 21.1. The number of benzene rings is 3. The summed E-state index contributed by atoms with van der Waals surface area (Å²) < 4.78 is 43.2. The Bertz CT molecular complexity index is 1600. The molecule has 0 atom stereocenters. The van der Waals surface area contributed by atoms with E-state index in [1.54, 1.807) is 36.4 Å². The molecule has 0 saturated heterocycles. The third-order valence-electron chi connectivity index (χ3n) is 5.54. The molecule has 0 fully saturated rings. The number of hydrogen-bond donors (Lipinski definition) is 2. The minimum absolute atomic E-state index is 0.213. The summed E-state index contributed by atoms with van der Waals surface area (Å²) in [7, 11) is 0. The van der Waals surface area contributed by atoms with Crippen LogP contribution in [-0.2, 0) is 0 Å². The average Bonchev–Trinajstić information content (AvgIpc) is 2.81. The van der Waals surface area contributed by atoms with Crippen molar-refractivity contribution in [2.45, 2.75) is 5.92 Å². The van der Waals surface area contributed by atoms with E-state index in [1.807, 2.05) is 0 Å². The van der Waals surface area contributed by atoms with Gasteiger partial charge in [-0.2, -0.15) is 0 Å². The van der Waals surface area contributed by atoms with Crippen LogP contribution in [0.5, 0.6) is 10.1 Å². The number of fused-ring (bicyclic) bond motifs is 2. The molecular weight excluding hydrogens is 485 g/mol. The molecule has 0 radical (unpaired) electrons. The Kier molecular flexibility index (Phi) is 5.38. The molecule has 9 heteroatoms. The Balaban J connectivity index is 1.94. The van der Waals surface area contributed by atoms with Crippen molar-refractivity contribution in [2.75, 3.05) is 0 Å². The number of rotatable bonds is 3. The van der Waals surface area contributed by atoms with Crippen LogP contribution in [0, 0.1) is 17.5 Å². The summed E-state index contributed by atoms with van der Waals surface area (Å²) in [5.41, 5.74) is -2.35. The van der Waals surface area contributed by atoms with Gasteiger partial charge in [0, 0.05) is 20.2 Å². The van der Waals surface area contributed by atoms with Gasteiger partial charge in [0.15, 0.2) is 38.4 Å². The summed E-state index contributed by atoms with van der Waals surface area (Å²) in [5.74, 6) is -6.35. The third kappa shape index (κ3) is 3.44. The maximum Gasteiger partial charge on any atom is 0.195 e. The molecule has 2 N–H and O–H groups in total. The number of hydrogen-bond acceptors (Lipinski definition) is 6. The fraction of sp³-hybridized carbons (Fsp3) is 0.0400. The smallest absolute Gasteiger partial charge is 0.195 e. The van der Waals surface area contributed by atoms with Crippen molar-refractivity contribution < 1.29 is 23.4 Å². The van der Waals surface area contributed by atoms with Crippen LogP contribution in [0.25, 0.3) is 20.2 Å². The SMILES string of the molecule is O=c1c(C(c2cc(F)c(F)c(F)c2)c2c(O)sc3ccccc3c2=O)c(O)sc2ccccc12. The van der Waals surface area contributed by atoms with Gasteiger partial charge in [-0.1, -0.05) is 46.9 Å². The van der Waals surface area contributed by atoms with Crippen molar-refractivity contribution in [1.82, 2.24) is 0 Å². The Morgan fingerprint density at radius 3 is 1.53 bits per heavy atom. The van der Waals surface area contributed by atoms with Crippen molar-refractivity contribution >= 4 is 42.8 Å². The average molecular weight is 499 g/mol. The second-order valence-electron chi connectivity index (χ2n) is 7.52. The first-order valence-electron chi connectivity index (χ1n) is 9.91. The lowest BCUT2D eigenvalue weighted by Gasteiger charge is -2.20. The van der Waals surface area contributed by atoms with E-state index in [0.717, 1.165) is 22.7 Å². The van der Waals surface area contributed by atoms with Gasteiger partial charge in [0.25, 0.3) is 0 Å². The van der Waals surface area contributed by atoms with Crippen molar-refractivity contribution in [2.24, 2.45) is 0 Å². The summed E-state index contributed by atoms with van der Waals surface area (Å²) >= 11 is 1.68. The number of halogens is 3. The first-order valence-corrected chi connectivity index (χ1v) is 11.5. The molecular formula is C25H13F3O4S2. The maximum absolute atomic E-state index is 14.2. The van der Waals surface area contributed by atoms with Gasteiger partial charge in [-0.3, -0.25) is 9.59 Å². The zero-order valence-corrected chi connectivity index (χ0v) is 18.6. The van der Waals surface area contributed by atoms with Crippen molar-refractivity contribution in [1.29, 1.82) is 0 Å². The first-order chi connectivity index (χ1) is 16.3. The molecule has 0 saturated carbocycles. The van der Waals surface area contributed by atoms with Crippen molar-refractivity contribution in [3.8, 4) is 10.1 Å². The molecule has 0 spiro atoms. The molecule has 0 amide bonds. The van der Waals surface area contributed by atoms with Gasteiger partial charge in [0.05, 0.1) is 17.0 Å². The zero-order valence-electron chi connectivity index (χ0n) is 17.0. The van der Waals surface area contributed by atoms with Crippen LogP contribution in [-0.4, -0.2) is 10.2 Å². The molecule has 170 valence electrons. The Morgan fingerprint density at radius 2 is 1.09 bits per heavy atom. The van der Waals surface area contributed by atoms with Crippen LogP contribution >= 0.6 is 22.7 Å². The topological polar surface area (TPSA) is 74.6 Å². The van der Waals surface area contributed by atoms with E-state index in [0.29, 0.717) is 21.5 Å². The van der Waals surface area contributed by atoms with Gasteiger partial charge in [-0.05, 0) is 42.0 Å². The predicted octanol–water partition coefficient (Wildman–Crippen LogP) is 5.85. The van der Waals surface area contributed by atoms with Crippen LogP contribution in [0.1, 0.15) is 22.6 Å². The monoisotopic (exact) mass is 498 g/mol. The minimum atomic E-state index is -1.72. The molecule has 4 nitrogen and oxygen atoms in total. The normalized spacial score (nSPS) is 11.5. The lowest BCUT2D eigenvalue weighted by molar-refractivity contribution is 0.443. The highest BCUT2D eigenvalue weighted by Crippen LogP contribution is 2.43. The van der Waals surface area contributed by atoms with E-state index < -0.39 is 44.4 Å². The quantitative estimate of drug-likeness (QED) is 0.306. The molecule has 2 heterocycles. The molecule has 34 heavy (non-hydrogen) atoms. The summed E-state index contributed by atoms with van der Waals surface area (Å²) in [6.45, 7) is 0. The molecule has 0 aliphatic heterocycles. The van der Waals surface area contributed by atoms with Crippen LogP contribution in [0.2, 0.25) is 0 Å². The fourth-order valence-electron chi connectivity index (χ4n) is 4.02. The van der Waals surface area contributed by atoms with Crippen molar-refractivity contribution in [3.63, 3.8) is 0 Å². The zero-order chi connectivity index (χ0) is 24.1. The highest BCUT2D eigenvalue weighted by Gasteiger charge is 2.32. The standard InChI is InChI=1S/C25H13F3O4S2/c26-14-9-11(10-15(27)21(14)28)18(19-22(29)12-5-1-3-7-16(12)33-24(19)31)20-23(30)13-6-2-4-8-17(13)34-25(20)32/h1-10,18,31-32H. The van der Waals surface area contributed by atoms with E-state index >= 15 is 0 Å². The van der Waals surface area contributed by atoms with Crippen LogP contribution in [0.15, 0.2) is 70.3 Å². The van der Waals surface area contributed by atoms with Gasteiger partial charge in [0.1, 0.15) is 0 Å². The summed E-state index contributed by atoms with van der Waals surface area (Å²) in [6.07, 6.45) is 0. The van der Waals surface area contributed by atoms with Crippen LogP contribution in [0.3, 0.4) is 0 Å². The molecule has 0 aliphatic rings. The van der Waals surface area contributed by atoms with E-state index in [1.165, 1.54) is 12.1 Å². The highest BCUT2D eigenvalue weighted by atomic mass is 32.1. The van der Waals surface area contributed by atoms with Gasteiger partial charge in [-0.15, -0.1) is 0 Å². The first kappa shape index (κ1) is 22.1. The highest BCUT2D eigenvalue weighted by molar-refractivity contribution is 7.20. The van der Waals surface area contributed by atoms with E-state index in [4.69, 9.17) is 0 Å². The van der Waals surface area contributed by atoms with Crippen LogP contribution in [0.4, 0.5) is 13.2 Å². The second kappa shape index (κ2) is 8.27. The van der Waals surface area contributed by atoms with Gasteiger partial charge >= 0.3 is 0 Å². The largest absolute Gasteiger partial charge is 0.499 e. The maximum atomic E-state index is 14.2. The predicted molar refractivity (Wildman–Crippen MR) is 127 cm³/mol. The summed E-state index contributed by atoms with van der Waals surface area (Å²) in [4.78, 5) is 26.9. The third-order valence-corrected chi connectivity index (χ3v) is 7.52. The fourth-order valence-corrected chi connectivity index (χ4v) is 5.91. The lowest BCUT2D eigenvalue weighted by atomic mass is 9.85. The van der Waals surface area contributed by atoms with Crippen molar-refractivity contribution in [3.05, 3.63) is 115 Å². The number of aromatic hydroxyl groups is 2. The molecule has 2 aromatic heterocycles. The molecule has 5 rings (SSSR count). The van der Waals surface area contributed by atoms with Crippen LogP contribution < -0.4 is 10.9 Å². The minimum Gasteiger partial charge on any atom is -0.499 e. The Morgan fingerprint density at radius 1 is 0.676 bits per heavy atom. The Hall–Kier alpha value is -3.69.